The van der Waals surface area contributed by atoms with Crippen LogP contribution in [0.4, 0.5) is 10.6 Å². The molecular formula is C18H21N5O7. The lowest BCUT2D eigenvalue weighted by Gasteiger charge is -2.28. The topological polar surface area (TPSA) is 160 Å². The second kappa shape index (κ2) is 8.52. The summed E-state index contributed by atoms with van der Waals surface area (Å²) in [5.74, 6) is -0.408. The Labute approximate surface area is 171 Å². The van der Waals surface area contributed by atoms with Crippen molar-refractivity contribution in [2.24, 2.45) is 0 Å². The van der Waals surface area contributed by atoms with E-state index in [9.17, 15) is 14.9 Å². The average molecular weight is 419 g/mol. The summed E-state index contributed by atoms with van der Waals surface area (Å²) in [6.45, 7) is 2.80. The third-order valence-electron chi connectivity index (χ3n) is 4.61. The number of aromatic nitrogens is 3. The van der Waals surface area contributed by atoms with Crippen molar-refractivity contribution in [3.05, 3.63) is 24.2 Å². The first-order valence-electron chi connectivity index (χ1n) is 9.05. The fraction of sp³-hybridized carbons (Fsp3) is 0.500. The van der Waals surface area contributed by atoms with Gasteiger partial charge in [-0.15, -0.1) is 0 Å². The molecule has 30 heavy (non-hydrogen) atoms. The number of hydrogen-bond acceptors (Lipinski definition) is 11. The summed E-state index contributed by atoms with van der Waals surface area (Å²) in [5.41, 5.74) is 4.91. The summed E-state index contributed by atoms with van der Waals surface area (Å²) < 4.78 is 28.1. The number of esters is 1. The lowest BCUT2D eigenvalue weighted by atomic mass is 9.92. The molecule has 1 fully saturated rings. The van der Waals surface area contributed by atoms with Gasteiger partial charge in [-0.05, 0) is 19.1 Å². The maximum atomic E-state index is 11.7. The lowest BCUT2D eigenvalue weighted by molar-refractivity contribution is -0.156. The zero-order valence-corrected chi connectivity index (χ0v) is 16.6. The number of methoxy groups -OCH3 is 1. The average Bonchev–Trinajstić information content (AvgIpc) is 3.28. The van der Waals surface area contributed by atoms with E-state index in [1.165, 1.54) is 17.8 Å². The summed E-state index contributed by atoms with van der Waals surface area (Å²) in [6, 6.07) is 5.36. The van der Waals surface area contributed by atoms with Crippen molar-refractivity contribution in [2.45, 2.75) is 37.8 Å². The quantitative estimate of drug-likeness (QED) is 0.651. The van der Waals surface area contributed by atoms with Crippen LogP contribution >= 0.6 is 0 Å². The molecule has 1 aliphatic rings. The fourth-order valence-corrected chi connectivity index (χ4v) is 3.45. The molecule has 12 heteroatoms. The van der Waals surface area contributed by atoms with Crippen LogP contribution < -0.4 is 5.73 Å². The van der Waals surface area contributed by atoms with E-state index < -0.39 is 36.0 Å². The highest BCUT2D eigenvalue weighted by molar-refractivity contribution is 5.67. The van der Waals surface area contributed by atoms with Gasteiger partial charge < -0.3 is 29.4 Å². The number of carbonyl (C=O) groups is 2. The molecule has 12 nitrogen and oxygen atoms in total. The van der Waals surface area contributed by atoms with Gasteiger partial charge >= 0.3 is 12.1 Å². The van der Waals surface area contributed by atoms with E-state index in [4.69, 9.17) is 24.7 Å². The Morgan fingerprint density at radius 2 is 2.20 bits per heavy atom. The number of ether oxygens (including phenoxy) is 5. The van der Waals surface area contributed by atoms with Crippen molar-refractivity contribution >= 4 is 23.5 Å². The van der Waals surface area contributed by atoms with E-state index >= 15 is 0 Å². The van der Waals surface area contributed by atoms with Gasteiger partial charge in [0.25, 0.3) is 0 Å². The first-order valence-corrected chi connectivity index (χ1v) is 9.05. The lowest BCUT2D eigenvalue weighted by Crippen LogP contribution is -2.45. The number of fused-ring (bicyclic) bond motifs is 1. The molecule has 2 aromatic rings. The minimum atomic E-state index is -1.74. The molecule has 2 N–H and O–H groups in total. The Bertz CT molecular complexity index is 987. The molecule has 0 saturated carbocycles. The third-order valence-corrected chi connectivity index (χ3v) is 4.61. The first kappa shape index (κ1) is 21.3. The zero-order chi connectivity index (χ0) is 21.9. The van der Waals surface area contributed by atoms with Crippen molar-refractivity contribution in [3.63, 3.8) is 0 Å². The van der Waals surface area contributed by atoms with Crippen LogP contribution in [0.1, 0.15) is 19.5 Å². The van der Waals surface area contributed by atoms with E-state index in [0.717, 1.165) is 7.11 Å². The molecule has 0 radical (unpaired) electrons. The summed E-state index contributed by atoms with van der Waals surface area (Å²) in [6.07, 6.45) is -2.80. The molecule has 1 saturated heterocycles. The highest BCUT2D eigenvalue weighted by atomic mass is 16.7. The number of nitrogens with two attached hydrogens (primary N) is 1. The SMILES string of the molecule is CCO[C@@H]1[C@H](OC(C)=O)[C@@H](COC(=O)OC)O[C@@]1(C#N)c1ccc2c(N)ncnn12. The van der Waals surface area contributed by atoms with E-state index in [1.54, 1.807) is 19.1 Å². The van der Waals surface area contributed by atoms with Crippen molar-refractivity contribution in [2.75, 3.05) is 26.1 Å². The van der Waals surface area contributed by atoms with Gasteiger partial charge in [0.05, 0.1) is 12.8 Å². The maximum absolute atomic E-state index is 11.7. The van der Waals surface area contributed by atoms with Gasteiger partial charge in [-0.1, -0.05) is 0 Å². The number of rotatable bonds is 6. The van der Waals surface area contributed by atoms with E-state index in [2.05, 4.69) is 20.9 Å². The first-order chi connectivity index (χ1) is 14.4. The Morgan fingerprint density at radius 1 is 1.43 bits per heavy atom. The van der Waals surface area contributed by atoms with Crippen molar-refractivity contribution < 1.29 is 33.3 Å². The molecule has 0 aliphatic carbocycles. The second-order valence-corrected chi connectivity index (χ2v) is 6.38. The van der Waals surface area contributed by atoms with Gasteiger partial charge in [0.1, 0.15) is 36.7 Å². The van der Waals surface area contributed by atoms with Crippen LogP contribution in [0.15, 0.2) is 18.5 Å². The van der Waals surface area contributed by atoms with Crippen molar-refractivity contribution in [1.82, 2.24) is 14.6 Å². The molecule has 2 aromatic heterocycles. The zero-order valence-electron chi connectivity index (χ0n) is 16.6. The van der Waals surface area contributed by atoms with Crippen LogP contribution in [-0.2, 0) is 34.1 Å². The number of carbonyl (C=O) groups excluding carboxylic acids is 2. The van der Waals surface area contributed by atoms with E-state index in [0.29, 0.717) is 11.2 Å². The van der Waals surface area contributed by atoms with Crippen LogP contribution in [0.25, 0.3) is 5.52 Å². The number of nitrogens with zero attached hydrogens (tertiary/aromatic N) is 4. The molecule has 0 amide bonds. The standard InChI is InChI=1S/C18H21N5O7/c1-4-27-15-14(29-10(2)24)12(7-28-17(25)26-3)30-18(15,8-19)13-6-5-11-16(20)21-9-22-23(11)13/h5-6,9,12,14-15H,4,7H2,1-3H3,(H2,20,21,22)/t12-,14-,15-,18+/m1/s1. The Kier molecular flexibility index (Phi) is 6.04. The molecule has 4 atom stereocenters. The second-order valence-electron chi connectivity index (χ2n) is 6.38. The fourth-order valence-electron chi connectivity index (χ4n) is 3.45. The largest absolute Gasteiger partial charge is 0.508 e. The molecule has 0 bridgehead atoms. The molecule has 3 rings (SSSR count). The van der Waals surface area contributed by atoms with Crippen molar-refractivity contribution in [3.8, 4) is 6.07 Å². The minimum absolute atomic E-state index is 0.195. The summed E-state index contributed by atoms with van der Waals surface area (Å²) in [4.78, 5) is 27.1. The van der Waals surface area contributed by atoms with Crippen LogP contribution in [0.2, 0.25) is 0 Å². The van der Waals surface area contributed by atoms with Gasteiger partial charge in [-0.25, -0.2) is 14.3 Å². The van der Waals surface area contributed by atoms with Crippen LogP contribution in [0.5, 0.6) is 0 Å². The van der Waals surface area contributed by atoms with Gasteiger partial charge in [0, 0.05) is 13.5 Å². The molecular weight excluding hydrogens is 398 g/mol. The minimum Gasteiger partial charge on any atom is -0.457 e. The number of nitriles is 1. The van der Waals surface area contributed by atoms with Gasteiger partial charge in [-0.2, -0.15) is 10.4 Å². The number of nitrogen functional groups attached to an aromatic ring is 1. The monoisotopic (exact) mass is 419 g/mol. The van der Waals surface area contributed by atoms with Crippen LogP contribution in [0, 0.1) is 11.3 Å². The van der Waals surface area contributed by atoms with Crippen LogP contribution in [-0.4, -0.2) is 65.4 Å². The highest BCUT2D eigenvalue weighted by Crippen LogP contribution is 2.43. The molecule has 3 heterocycles. The predicted octanol–water partition coefficient (Wildman–Crippen LogP) is 0.549. The summed E-state index contributed by atoms with van der Waals surface area (Å²) >= 11 is 0. The maximum Gasteiger partial charge on any atom is 0.508 e. The van der Waals surface area contributed by atoms with Crippen molar-refractivity contribution in [1.29, 1.82) is 5.26 Å². The van der Waals surface area contributed by atoms with Gasteiger partial charge in [0.15, 0.2) is 11.9 Å². The third kappa shape index (κ3) is 3.60. The molecule has 160 valence electrons. The van der Waals surface area contributed by atoms with E-state index in [1.807, 2.05) is 0 Å². The number of anilines is 1. The number of hydrogen-bond donors (Lipinski definition) is 1. The Morgan fingerprint density at radius 3 is 2.83 bits per heavy atom. The Hall–Kier alpha value is -3.43. The molecule has 1 aliphatic heterocycles. The summed E-state index contributed by atoms with van der Waals surface area (Å²) in [7, 11) is 1.15. The predicted molar refractivity (Wildman–Crippen MR) is 98.9 cm³/mol. The summed E-state index contributed by atoms with van der Waals surface area (Å²) in [5, 5.41) is 14.3. The Balaban J connectivity index is 2.10. The smallest absolute Gasteiger partial charge is 0.457 e. The van der Waals surface area contributed by atoms with Gasteiger partial charge in [-0.3, -0.25) is 4.79 Å². The highest BCUT2D eigenvalue weighted by Gasteiger charge is 2.61. The van der Waals surface area contributed by atoms with Crippen LogP contribution in [0.3, 0.4) is 0 Å². The van der Waals surface area contributed by atoms with Gasteiger partial charge in [0.2, 0.25) is 5.60 Å². The molecule has 0 unspecified atom stereocenters. The molecule has 0 spiro atoms. The molecule has 0 aromatic carbocycles. The normalized spacial score (nSPS) is 25.6. The van der Waals surface area contributed by atoms with E-state index in [-0.39, 0.29) is 19.0 Å².